The van der Waals surface area contributed by atoms with Crippen molar-refractivity contribution in [2.75, 3.05) is 18.2 Å². The predicted molar refractivity (Wildman–Crippen MR) is 159 cm³/mol. The molecule has 0 aliphatic heterocycles. The largest absolute Gasteiger partial charge is 0.497 e. The first kappa shape index (κ1) is 27.9. The van der Waals surface area contributed by atoms with Crippen LogP contribution in [0.5, 0.6) is 5.75 Å². The predicted octanol–water partition coefficient (Wildman–Crippen LogP) is 6.84. The van der Waals surface area contributed by atoms with Crippen LogP contribution in [0.3, 0.4) is 0 Å². The fourth-order valence-electron chi connectivity index (χ4n) is 3.51. The summed E-state index contributed by atoms with van der Waals surface area (Å²) < 4.78 is 6.04. The second-order valence-corrected chi connectivity index (χ2v) is 10.3. The number of benzene rings is 4. The van der Waals surface area contributed by atoms with Crippen molar-refractivity contribution in [2.45, 2.75) is 4.90 Å². The highest BCUT2D eigenvalue weighted by atomic mass is 79.9. The van der Waals surface area contributed by atoms with Crippen LogP contribution >= 0.6 is 27.7 Å². The number of halogens is 1. The Hall–Kier alpha value is -4.14. The van der Waals surface area contributed by atoms with Crippen LogP contribution in [-0.4, -0.2) is 30.5 Å². The highest BCUT2D eigenvalue weighted by Gasteiger charge is 2.15. The average Bonchev–Trinajstić information content (AvgIpc) is 2.97. The molecule has 4 rings (SSSR count). The van der Waals surface area contributed by atoms with Crippen LogP contribution in [0.25, 0.3) is 6.08 Å². The van der Waals surface area contributed by atoms with Crippen LogP contribution in [0, 0.1) is 0 Å². The van der Waals surface area contributed by atoms with Gasteiger partial charge in [-0.2, -0.15) is 0 Å². The first-order valence-corrected chi connectivity index (χ1v) is 13.7. The minimum atomic E-state index is -0.461. The number of amides is 2. The van der Waals surface area contributed by atoms with E-state index in [1.165, 1.54) is 11.8 Å². The van der Waals surface area contributed by atoms with Crippen LogP contribution in [0.4, 0.5) is 5.69 Å². The van der Waals surface area contributed by atoms with E-state index in [-0.39, 0.29) is 23.1 Å². The summed E-state index contributed by atoms with van der Waals surface area (Å²) in [6.45, 7) is 0. The molecule has 0 fully saturated rings. The number of thioether (sulfide) groups is 1. The van der Waals surface area contributed by atoms with Crippen molar-refractivity contribution in [1.82, 2.24) is 5.32 Å². The van der Waals surface area contributed by atoms with Gasteiger partial charge in [0.1, 0.15) is 11.4 Å². The highest BCUT2D eigenvalue weighted by Crippen LogP contribution is 2.23. The number of hydrogen-bond acceptors (Lipinski definition) is 5. The molecule has 0 saturated carbocycles. The zero-order chi connectivity index (χ0) is 27.6. The first-order valence-electron chi connectivity index (χ1n) is 12.0. The quantitative estimate of drug-likeness (QED) is 0.118. The third kappa shape index (κ3) is 8.17. The van der Waals surface area contributed by atoms with Crippen LogP contribution in [-0.2, 0) is 4.79 Å². The number of rotatable bonds is 10. The van der Waals surface area contributed by atoms with E-state index in [1.54, 1.807) is 73.8 Å². The van der Waals surface area contributed by atoms with Crippen molar-refractivity contribution in [1.29, 1.82) is 0 Å². The minimum Gasteiger partial charge on any atom is -0.497 e. The van der Waals surface area contributed by atoms with Crippen molar-refractivity contribution >= 4 is 57.1 Å². The summed E-state index contributed by atoms with van der Waals surface area (Å²) in [6.07, 6.45) is 1.62. The summed E-state index contributed by atoms with van der Waals surface area (Å²) in [7, 11) is 1.58. The molecule has 39 heavy (non-hydrogen) atoms. The molecule has 8 heteroatoms. The fraction of sp³-hybridized carbons (Fsp3) is 0.0645. The Morgan fingerprint density at radius 1 is 0.821 bits per heavy atom. The van der Waals surface area contributed by atoms with Gasteiger partial charge < -0.3 is 15.4 Å². The maximum atomic E-state index is 13.2. The molecular weight excluding hydrogens is 576 g/mol. The van der Waals surface area contributed by atoms with E-state index in [4.69, 9.17) is 4.74 Å². The molecule has 6 nitrogen and oxygen atoms in total. The van der Waals surface area contributed by atoms with Gasteiger partial charge >= 0.3 is 0 Å². The molecule has 0 bridgehead atoms. The van der Waals surface area contributed by atoms with E-state index in [1.807, 2.05) is 42.5 Å². The lowest BCUT2D eigenvalue weighted by Gasteiger charge is -2.12. The van der Waals surface area contributed by atoms with Crippen molar-refractivity contribution in [3.63, 3.8) is 0 Å². The third-order valence-electron chi connectivity index (χ3n) is 5.60. The molecule has 196 valence electrons. The molecule has 4 aromatic rings. The Bertz CT molecular complexity index is 1470. The summed E-state index contributed by atoms with van der Waals surface area (Å²) in [5, 5.41) is 5.57. The van der Waals surface area contributed by atoms with Crippen LogP contribution < -0.4 is 15.4 Å². The smallest absolute Gasteiger partial charge is 0.272 e. The molecule has 0 saturated heterocycles. The van der Waals surface area contributed by atoms with Gasteiger partial charge in [0.2, 0.25) is 0 Å². The standard InChI is InChI=1S/C31H25BrN2O4S/c1-38-26-15-9-22(10-16-26)29(35)20-39-27-17-13-25(14-18-27)33-31(37)28(19-21-7-11-24(32)12-8-21)34-30(36)23-5-3-2-4-6-23/h2-19H,20H2,1H3,(H,33,37)(H,34,36)/b28-19-. The van der Waals surface area contributed by atoms with Crippen molar-refractivity contribution in [3.8, 4) is 5.75 Å². The Kier molecular flexibility index (Phi) is 9.72. The van der Waals surface area contributed by atoms with E-state index in [0.717, 1.165) is 14.9 Å². The van der Waals surface area contributed by atoms with Gasteiger partial charge in [-0.05, 0) is 84.4 Å². The normalized spacial score (nSPS) is 11.0. The molecule has 0 atom stereocenters. The van der Waals surface area contributed by atoms with Crippen molar-refractivity contribution in [2.24, 2.45) is 0 Å². The monoisotopic (exact) mass is 600 g/mol. The SMILES string of the molecule is COc1ccc(C(=O)CSc2ccc(NC(=O)/C(=C/c3ccc(Br)cc3)NC(=O)c3ccccc3)cc2)cc1. The summed E-state index contributed by atoms with van der Waals surface area (Å²) in [6, 6.07) is 30.3. The molecule has 0 spiro atoms. The fourth-order valence-corrected chi connectivity index (χ4v) is 4.57. The summed E-state index contributed by atoms with van der Waals surface area (Å²) in [4.78, 5) is 39.4. The van der Waals surface area contributed by atoms with Gasteiger partial charge in [0, 0.05) is 26.2 Å². The number of carbonyl (C=O) groups excluding carboxylic acids is 3. The van der Waals surface area contributed by atoms with Gasteiger partial charge in [0.15, 0.2) is 5.78 Å². The van der Waals surface area contributed by atoms with Gasteiger partial charge in [-0.25, -0.2) is 0 Å². The lowest BCUT2D eigenvalue weighted by atomic mass is 10.1. The Morgan fingerprint density at radius 2 is 1.49 bits per heavy atom. The second-order valence-electron chi connectivity index (χ2n) is 8.35. The molecule has 2 N–H and O–H groups in total. The molecule has 0 unspecified atom stereocenters. The molecule has 0 heterocycles. The Morgan fingerprint density at radius 3 is 2.13 bits per heavy atom. The first-order chi connectivity index (χ1) is 18.9. The zero-order valence-electron chi connectivity index (χ0n) is 21.0. The van der Waals surface area contributed by atoms with E-state index in [9.17, 15) is 14.4 Å². The highest BCUT2D eigenvalue weighted by molar-refractivity contribution is 9.10. The number of nitrogens with one attached hydrogen (secondary N) is 2. The molecule has 2 amide bonds. The average molecular weight is 602 g/mol. The van der Waals surface area contributed by atoms with E-state index < -0.39 is 5.91 Å². The van der Waals surface area contributed by atoms with Gasteiger partial charge in [-0.1, -0.05) is 46.3 Å². The number of ether oxygens (including phenoxy) is 1. The molecule has 4 aromatic carbocycles. The lowest BCUT2D eigenvalue weighted by Crippen LogP contribution is -2.30. The van der Waals surface area contributed by atoms with Gasteiger partial charge in [0.25, 0.3) is 11.8 Å². The zero-order valence-corrected chi connectivity index (χ0v) is 23.4. The number of ketones is 1. The van der Waals surface area contributed by atoms with Gasteiger partial charge in [0.05, 0.1) is 12.9 Å². The number of Topliss-reactive ketones (excluding diaryl/α,β-unsaturated/α-hetero) is 1. The van der Waals surface area contributed by atoms with Crippen molar-refractivity contribution < 1.29 is 19.1 Å². The maximum Gasteiger partial charge on any atom is 0.272 e. The molecule has 0 aliphatic rings. The summed E-state index contributed by atoms with van der Waals surface area (Å²) in [5.41, 5.74) is 2.48. The van der Waals surface area contributed by atoms with Crippen LogP contribution in [0.2, 0.25) is 0 Å². The number of methoxy groups -OCH3 is 1. The summed E-state index contributed by atoms with van der Waals surface area (Å²) >= 11 is 4.81. The van der Waals surface area contributed by atoms with E-state index in [0.29, 0.717) is 22.6 Å². The molecular formula is C31H25BrN2O4S. The Balaban J connectivity index is 1.42. The number of carbonyl (C=O) groups is 3. The summed E-state index contributed by atoms with van der Waals surface area (Å²) in [5.74, 6) is 0.145. The van der Waals surface area contributed by atoms with E-state index in [2.05, 4.69) is 26.6 Å². The Labute approximate surface area is 239 Å². The lowest BCUT2D eigenvalue weighted by molar-refractivity contribution is -0.113. The molecule has 0 aromatic heterocycles. The maximum absolute atomic E-state index is 13.2. The third-order valence-corrected chi connectivity index (χ3v) is 7.14. The van der Waals surface area contributed by atoms with Crippen LogP contribution in [0.1, 0.15) is 26.3 Å². The van der Waals surface area contributed by atoms with Crippen LogP contribution in [0.15, 0.2) is 118 Å². The van der Waals surface area contributed by atoms with Gasteiger partial charge in [-0.3, -0.25) is 14.4 Å². The topological polar surface area (TPSA) is 84.5 Å². The molecule has 0 radical (unpaired) electrons. The molecule has 0 aliphatic carbocycles. The number of hydrogen-bond donors (Lipinski definition) is 2. The minimum absolute atomic E-state index is 0.0110. The van der Waals surface area contributed by atoms with E-state index >= 15 is 0 Å². The second kappa shape index (κ2) is 13.6. The number of anilines is 1. The van der Waals surface area contributed by atoms with Gasteiger partial charge in [-0.15, -0.1) is 11.8 Å². The van der Waals surface area contributed by atoms with Crippen molar-refractivity contribution in [3.05, 3.63) is 130 Å².